The Kier molecular flexibility index (Phi) is 3.92. The van der Waals surface area contributed by atoms with Crippen molar-refractivity contribution in [2.75, 3.05) is 0 Å². The van der Waals surface area contributed by atoms with E-state index in [-0.39, 0.29) is 0 Å². The van der Waals surface area contributed by atoms with Gasteiger partial charge in [0, 0.05) is 17.5 Å². The summed E-state index contributed by atoms with van der Waals surface area (Å²) in [6, 6.07) is 7.76. The molecule has 74 valence electrons. The number of aryl methyl sites for hydroxylation is 1. The maximum absolute atomic E-state index is 5.22. The number of hydrogen-bond acceptors (Lipinski definition) is 2. The van der Waals surface area contributed by atoms with Crippen molar-refractivity contribution in [3.8, 4) is 11.3 Å². The third-order valence-electron chi connectivity index (χ3n) is 1.72. The van der Waals surface area contributed by atoms with E-state index in [0.29, 0.717) is 0 Å². The van der Waals surface area contributed by atoms with Gasteiger partial charge >= 0.3 is 0 Å². The van der Waals surface area contributed by atoms with E-state index in [1.807, 2.05) is 51.2 Å². The largest absolute Gasteiger partial charge is 0.464 e. The molecule has 14 heavy (non-hydrogen) atoms. The quantitative estimate of drug-likeness (QED) is 0.684. The Morgan fingerprint density at radius 3 is 2.43 bits per heavy atom. The molecule has 0 N–H and O–H groups in total. The Balaban J connectivity index is 0.000000461. The van der Waals surface area contributed by atoms with Gasteiger partial charge in [-0.05, 0) is 31.2 Å². The van der Waals surface area contributed by atoms with Crippen LogP contribution in [-0.4, -0.2) is 4.98 Å². The predicted molar refractivity (Wildman–Crippen MR) is 58.0 cm³/mol. The van der Waals surface area contributed by atoms with Crippen LogP contribution in [0.5, 0.6) is 0 Å². The van der Waals surface area contributed by atoms with Crippen LogP contribution in [0.4, 0.5) is 0 Å². The summed E-state index contributed by atoms with van der Waals surface area (Å²) in [6.07, 6.45) is 3.48. The number of hydrogen-bond donors (Lipinski definition) is 0. The highest BCUT2D eigenvalue weighted by Crippen LogP contribution is 2.17. The van der Waals surface area contributed by atoms with Gasteiger partial charge < -0.3 is 4.42 Å². The molecule has 0 aromatic carbocycles. The van der Waals surface area contributed by atoms with Gasteiger partial charge in [0.15, 0.2) is 0 Å². The maximum Gasteiger partial charge on any atom is 0.135 e. The summed E-state index contributed by atoms with van der Waals surface area (Å²) in [5.41, 5.74) is 2.04. The first-order chi connectivity index (χ1) is 6.86. The topological polar surface area (TPSA) is 26.0 Å². The number of aromatic nitrogens is 1. The van der Waals surface area contributed by atoms with Gasteiger partial charge in [-0.15, -0.1) is 0 Å². The highest BCUT2D eigenvalue weighted by atomic mass is 16.3. The van der Waals surface area contributed by atoms with Crippen LogP contribution >= 0.6 is 0 Å². The molecule has 2 nitrogen and oxygen atoms in total. The van der Waals surface area contributed by atoms with Crippen LogP contribution in [0.25, 0.3) is 11.3 Å². The minimum atomic E-state index is 0.863. The molecule has 2 heterocycles. The average Bonchev–Trinajstić information content (AvgIpc) is 2.75. The van der Waals surface area contributed by atoms with E-state index in [1.165, 1.54) is 0 Å². The molecule has 0 amide bonds. The van der Waals surface area contributed by atoms with Gasteiger partial charge in [-0.3, -0.25) is 4.98 Å². The standard InChI is InChI=1S/C10H9NO.C2H6/c1-8-4-5-9(7-11-8)10-3-2-6-12-10;1-2/h2-7H,1H3;1-2H3. The molecular formula is C12H15NO. The molecule has 0 radical (unpaired) electrons. The lowest BCUT2D eigenvalue weighted by Crippen LogP contribution is -1.80. The van der Waals surface area contributed by atoms with E-state index in [2.05, 4.69) is 4.98 Å². The molecule has 0 aliphatic heterocycles. The summed E-state index contributed by atoms with van der Waals surface area (Å²) >= 11 is 0. The maximum atomic E-state index is 5.22. The lowest BCUT2D eigenvalue weighted by molar-refractivity contribution is 0.582. The number of nitrogens with zero attached hydrogens (tertiary/aromatic N) is 1. The van der Waals surface area contributed by atoms with Crippen molar-refractivity contribution in [2.24, 2.45) is 0 Å². The molecule has 0 fully saturated rings. The Bertz CT molecular complexity index is 348. The fraction of sp³-hybridized carbons (Fsp3) is 0.250. The zero-order valence-electron chi connectivity index (χ0n) is 8.82. The van der Waals surface area contributed by atoms with Gasteiger partial charge in [0.25, 0.3) is 0 Å². The Labute approximate surface area is 84.6 Å². The molecule has 0 aliphatic carbocycles. The van der Waals surface area contributed by atoms with E-state index in [9.17, 15) is 0 Å². The summed E-state index contributed by atoms with van der Waals surface area (Å²) in [6.45, 7) is 5.96. The predicted octanol–water partition coefficient (Wildman–Crippen LogP) is 3.68. The fourth-order valence-electron chi connectivity index (χ4n) is 1.06. The second kappa shape index (κ2) is 5.22. The molecule has 0 bridgehead atoms. The van der Waals surface area contributed by atoms with E-state index in [1.54, 1.807) is 6.26 Å². The van der Waals surface area contributed by atoms with Crippen LogP contribution < -0.4 is 0 Å². The second-order valence-electron chi connectivity index (χ2n) is 2.67. The molecule has 0 saturated carbocycles. The zero-order chi connectivity index (χ0) is 10.4. The summed E-state index contributed by atoms with van der Waals surface area (Å²) in [5, 5.41) is 0. The molecule has 0 saturated heterocycles. The Morgan fingerprint density at radius 1 is 1.14 bits per heavy atom. The van der Waals surface area contributed by atoms with Gasteiger partial charge in [0.2, 0.25) is 0 Å². The molecular weight excluding hydrogens is 174 g/mol. The minimum absolute atomic E-state index is 0.863. The van der Waals surface area contributed by atoms with E-state index < -0.39 is 0 Å². The lowest BCUT2D eigenvalue weighted by atomic mass is 10.2. The monoisotopic (exact) mass is 189 g/mol. The third-order valence-corrected chi connectivity index (χ3v) is 1.72. The van der Waals surface area contributed by atoms with Crippen molar-refractivity contribution >= 4 is 0 Å². The smallest absolute Gasteiger partial charge is 0.135 e. The first-order valence-electron chi connectivity index (χ1n) is 4.83. The molecule has 0 unspecified atom stereocenters. The van der Waals surface area contributed by atoms with Crippen LogP contribution in [0, 0.1) is 6.92 Å². The first-order valence-corrected chi connectivity index (χ1v) is 4.83. The summed E-state index contributed by atoms with van der Waals surface area (Å²) in [5.74, 6) is 0.863. The van der Waals surface area contributed by atoms with Gasteiger partial charge in [-0.2, -0.15) is 0 Å². The molecule has 0 spiro atoms. The van der Waals surface area contributed by atoms with Gasteiger partial charge in [-0.25, -0.2) is 0 Å². The SMILES string of the molecule is CC.Cc1ccc(-c2ccco2)cn1. The van der Waals surface area contributed by atoms with Gasteiger partial charge in [0.05, 0.1) is 6.26 Å². The normalized spacial score (nSPS) is 9.07. The van der Waals surface area contributed by atoms with Crippen LogP contribution in [-0.2, 0) is 0 Å². The minimum Gasteiger partial charge on any atom is -0.464 e. The van der Waals surface area contributed by atoms with E-state index in [0.717, 1.165) is 17.0 Å². The van der Waals surface area contributed by atoms with E-state index in [4.69, 9.17) is 4.42 Å². The Morgan fingerprint density at radius 2 is 1.93 bits per heavy atom. The van der Waals surface area contributed by atoms with Crippen LogP contribution in [0.3, 0.4) is 0 Å². The van der Waals surface area contributed by atoms with E-state index >= 15 is 0 Å². The molecule has 0 aliphatic rings. The van der Waals surface area contributed by atoms with Crippen molar-refractivity contribution in [3.05, 3.63) is 42.4 Å². The van der Waals surface area contributed by atoms with Gasteiger partial charge in [-0.1, -0.05) is 13.8 Å². The number of pyridine rings is 1. The van der Waals surface area contributed by atoms with Crippen molar-refractivity contribution in [2.45, 2.75) is 20.8 Å². The van der Waals surface area contributed by atoms with Crippen molar-refractivity contribution < 1.29 is 4.42 Å². The van der Waals surface area contributed by atoms with Crippen molar-refractivity contribution in [1.82, 2.24) is 4.98 Å². The molecule has 2 aromatic rings. The van der Waals surface area contributed by atoms with Crippen molar-refractivity contribution in [1.29, 1.82) is 0 Å². The summed E-state index contributed by atoms with van der Waals surface area (Å²) in [7, 11) is 0. The highest BCUT2D eigenvalue weighted by Gasteiger charge is 1.98. The highest BCUT2D eigenvalue weighted by molar-refractivity contribution is 5.55. The molecule has 2 aromatic heterocycles. The first kappa shape index (κ1) is 10.5. The Hall–Kier alpha value is -1.57. The van der Waals surface area contributed by atoms with Crippen molar-refractivity contribution in [3.63, 3.8) is 0 Å². The number of rotatable bonds is 1. The molecule has 2 rings (SSSR count). The second-order valence-corrected chi connectivity index (χ2v) is 2.67. The molecule has 0 atom stereocenters. The van der Waals surface area contributed by atoms with Crippen LogP contribution in [0.2, 0.25) is 0 Å². The third kappa shape index (κ3) is 2.46. The summed E-state index contributed by atoms with van der Waals surface area (Å²) < 4.78 is 5.22. The lowest BCUT2D eigenvalue weighted by Gasteiger charge is -1.95. The zero-order valence-corrected chi connectivity index (χ0v) is 8.82. The van der Waals surface area contributed by atoms with Gasteiger partial charge in [0.1, 0.15) is 5.76 Å². The van der Waals surface area contributed by atoms with Crippen LogP contribution in [0.1, 0.15) is 19.5 Å². The average molecular weight is 189 g/mol. The molecule has 2 heteroatoms. The van der Waals surface area contributed by atoms with Crippen LogP contribution in [0.15, 0.2) is 41.1 Å². The summed E-state index contributed by atoms with van der Waals surface area (Å²) in [4.78, 5) is 4.18. The fourth-order valence-corrected chi connectivity index (χ4v) is 1.06. The number of furan rings is 1.